The maximum absolute atomic E-state index is 13.5. The van der Waals surface area contributed by atoms with Gasteiger partial charge in [0.2, 0.25) is 5.95 Å². The Morgan fingerprint density at radius 3 is 2.39 bits per heavy atom. The summed E-state index contributed by atoms with van der Waals surface area (Å²) in [5, 5.41) is 3.46. The molecule has 1 aliphatic heterocycles. The number of fused-ring (bicyclic) bond motifs is 2. The lowest BCUT2D eigenvalue weighted by atomic mass is 9.97. The van der Waals surface area contributed by atoms with Gasteiger partial charge in [-0.2, -0.15) is 0 Å². The molecule has 33 heavy (non-hydrogen) atoms. The fourth-order valence-electron chi connectivity index (χ4n) is 4.29. The summed E-state index contributed by atoms with van der Waals surface area (Å²) in [4.78, 5) is 36.5. The van der Waals surface area contributed by atoms with Crippen LogP contribution in [0.15, 0.2) is 66.7 Å². The Balaban J connectivity index is 1.59. The largest absolute Gasteiger partial charge is 0.368 e. The highest BCUT2D eigenvalue weighted by molar-refractivity contribution is 6.07. The third kappa shape index (κ3) is 3.78. The molecule has 2 heterocycles. The Morgan fingerprint density at radius 2 is 1.67 bits per heavy atom. The molecular weight excluding hydrogens is 414 g/mol. The number of carbonyl (C=O) groups excluding carboxylic acids is 2. The van der Waals surface area contributed by atoms with Crippen LogP contribution in [0.2, 0.25) is 0 Å². The first kappa shape index (κ1) is 20.6. The van der Waals surface area contributed by atoms with Gasteiger partial charge in [0.25, 0.3) is 11.8 Å². The second-order valence-electron chi connectivity index (χ2n) is 8.00. The predicted molar refractivity (Wildman–Crippen MR) is 127 cm³/mol. The first-order valence-corrected chi connectivity index (χ1v) is 10.9. The molecule has 0 saturated heterocycles. The van der Waals surface area contributed by atoms with Gasteiger partial charge in [0, 0.05) is 30.6 Å². The van der Waals surface area contributed by atoms with Crippen LogP contribution in [0.1, 0.15) is 38.9 Å². The van der Waals surface area contributed by atoms with Crippen molar-refractivity contribution in [3.63, 3.8) is 0 Å². The van der Waals surface area contributed by atoms with Crippen LogP contribution in [0.4, 0.5) is 5.95 Å². The fourth-order valence-corrected chi connectivity index (χ4v) is 4.29. The average Bonchev–Trinajstić information content (AvgIpc) is 3.27. The van der Waals surface area contributed by atoms with Crippen LogP contribution in [0.3, 0.4) is 0 Å². The number of nitrogens with two attached hydrogens (primary N) is 1. The average molecular weight is 438 g/mol. The van der Waals surface area contributed by atoms with E-state index in [-0.39, 0.29) is 23.5 Å². The lowest BCUT2D eigenvalue weighted by Gasteiger charge is -2.17. The number of rotatable bonds is 4. The van der Waals surface area contributed by atoms with Crippen molar-refractivity contribution < 1.29 is 9.59 Å². The van der Waals surface area contributed by atoms with E-state index in [0.717, 1.165) is 22.3 Å². The van der Waals surface area contributed by atoms with Gasteiger partial charge in [-0.1, -0.05) is 48.5 Å². The third-order valence-corrected chi connectivity index (χ3v) is 5.86. The van der Waals surface area contributed by atoms with Gasteiger partial charge in [0.15, 0.2) is 0 Å². The number of hydrogen-bond acceptors (Lipinski definition) is 5. The third-order valence-electron chi connectivity index (χ3n) is 5.86. The zero-order chi connectivity index (χ0) is 22.9. The number of benzene rings is 3. The number of amides is 2. The maximum atomic E-state index is 13.5. The number of hydrogen-bond donors (Lipinski definition) is 2. The molecule has 0 radical (unpaired) electrons. The Kier molecular flexibility index (Phi) is 5.22. The van der Waals surface area contributed by atoms with Gasteiger partial charge in [-0.3, -0.25) is 9.59 Å². The van der Waals surface area contributed by atoms with Crippen molar-refractivity contribution in [2.45, 2.75) is 20.0 Å². The van der Waals surface area contributed by atoms with E-state index in [1.54, 1.807) is 11.0 Å². The van der Waals surface area contributed by atoms with E-state index in [0.29, 0.717) is 36.1 Å². The highest BCUT2D eigenvalue weighted by Crippen LogP contribution is 2.30. The van der Waals surface area contributed by atoms with Crippen molar-refractivity contribution in [1.82, 2.24) is 20.2 Å². The molecular formula is C26H23N5O2. The number of carbonyl (C=O) groups is 2. The van der Waals surface area contributed by atoms with E-state index in [1.165, 1.54) is 0 Å². The minimum atomic E-state index is -0.195. The van der Waals surface area contributed by atoms with Crippen molar-refractivity contribution >= 4 is 28.7 Å². The molecule has 0 spiro atoms. The van der Waals surface area contributed by atoms with Crippen LogP contribution in [-0.4, -0.2) is 33.2 Å². The van der Waals surface area contributed by atoms with Crippen molar-refractivity contribution in [3.05, 3.63) is 89.1 Å². The molecule has 0 saturated carbocycles. The summed E-state index contributed by atoms with van der Waals surface area (Å²) in [5.74, 6) is -0.287. The van der Waals surface area contributed by atoms with Crippen molar-refractivity contribution in [3.8, 4) is 11.1 Å². The van der Waals surface area contributed by atoms with Gasteiger partial charge >= 0.3 is 0 Å². The summed E-state index contributed by atoms with van der Waals surface area (Å²) in [6, 6.07) is 21.0. The maximum Gasteiger partial charge on any atom is 0.273 e. The Morgan fingerprint density at radius 1 is 0.970 bits per heavy atom. The van der Waals surface area contributed by atoms with E-state index in [9.17, 15) is 9.59 Å². The molecule has 0 unspecified atom stereocenters. The monoisotopic (exact) mass is 437 g/mol. The number of nitrogens with one attached hydrogen (secondary N) is 1. The van der Waals surface area contributed by atoms with Gasteiger partial charge in [0.05, 0.1) is 5.52 Å². The molecule has 3 aromatic carbocycles. The van der Waals surface area contributed by atoms with Crippen molar-refractivity contribution in [2.75, 3.05) is 12.3 Å². The van der Waals surface area contributed by atoms with Gasteiger partial charge in [-0.15, -0.1) is 0 Å². The SMILES string of the molecule is CCNC(=O)c1ccccc1-c1ccc2nc(N)nc(C(=O)N3Cc4ccccc4C3)c2c1. The highest BCUT2D eigenvalue weighted by Gasteiger charge is 2.27. The predicted octanol–water partition coefficient (Wildman–Crippen LogP) is 3.78. The lowest BCUT2D eigenvalue weighted by molar-refractivity contribution is 0.0747. The molecule has 5 rings (SSSR count). The fraction of sp³-hybridized carbons (Fsp3) is 0.154. The van der Waals surface area contributed by atoms with E-state index in [4.69, 9.17) is 5.73 Å². The first-order valence-electron chi connectivity index (χ1n) is 10.9. The van der Waals surface area contributed by atoms with Crippen LogP contribution in [0, 0.1) is 0 Å². The normalized spacial score (nSPS) is 12.6. The summed E-state index contributed by atoms with van der Waals surface area (Å²) in [6.45, 7) is 3.47. The van der Waals surface area contributed by atoms with Crippen LogP contribution in [-0.2, 0) is 13.1 Å². The van der Waals surface area contributed by atoms with E-state index in [2.05, 4.69) is 15.3 Å². The molecule has 4 aromatic rings. The van der Waals surface area contributed by atoms with Gasteiger partial charge < -0.3 is 16.0 Å². The molecule has 0 fully saturated rings. The summed E-state index contributed by atoms with van der Waals surface area (Å²) in [7, 11) is 0. The van der Waals surface area contributed by atoms with Gasteiger partial charge in [-0.05, 0) is 47.4 Å². The number of aromatic nitrogens is 2. The molecule has 0 aliphatic carbocycles. The van der Waals surface area contributed by atoms with E-state index >= 15 is 0 Å². The van der Waals surface area contributed by atoms with Crippen LogP contribution < -0.4 is 11.1 Å². The van der Waals surface area contributed by atoms with Gasteiger partial charge in [0.1, 0.15) is 5.69 Å². The molecule has 7 nitrogen and oxygen atoms in total. The quantitative estimate of drug-likeness (QED) is 0.506. The lowest BCUT2D eigenvalue weighted by Crippen LogP contribution is -2.27. The van der Waals surface area contributed by atoms with E-state index < -0.39 is 0 Å². The van der Waals surface area contributed by atoms with Crippen molar-refractivity contribution in [1.29, 1.82) is 0 Å². The van der Waals surface area contributed by atoms with Gasteiger partial charge in [-0.25, -0.2) is 9.97 Å². The molecule has 7 heteroatoms. The number of nitrogens with zero attached hydrogens (tertiary/aromatic N) is 3. The van der Waals surface area contributed by atoms with Crippen LogP contribution in [0.25, 0.3) is 22.0 Å². The Hall–Kier alpha value is -4.26. The zero-order valence-corrected chi connectivity index (χ0v) is 18.2. The Labute approximate surface area is 191 Å². The molecule has 1 aliphatic rings. The number of nitrogen functional groups attached to an aromatic ring is 1. The minimum absolute atomic E-state index is 0.0537. The minimum Gasteiger partial charge on any atom is -0.368 e. The number of anilines is 1. The van der Waals surface area contributed by atoms with Crippen molar-refractivity contribution in [2.24, 2.45) is 0 Å². The molecule has 2 amide bonds. The molecule has 164 valence electrons. The van der Waals surface area contributed by atoms with Crippen LogP contribution >= 0.6 is 0 Å². The van der Waals surface area contributed by atoms with Crippen LogP contribution in [0.5, 0.6) is 0 Å². The van der Waals surface area contributed by atoms with E-state index in [1.807, 2.05) is 67.6 Å². The smallest absolute Gasteiger partial charge is 0.273 e. The molecule has 1 aromatic heterocycles. The molecule has 0 bridgehead atoms. The highest BCUT2D eigenvalue weighted by atomic mass is 16.2. The second-order valence-corrected chi connectivity index (χ2v) is 8.00. The zero-order valence-electron chi connectivity index (χ0n) is 18.2. The Bertz CT molecular complexity index is 1370. The summed E-state index contributed by atoms with van der Waals surface area (Å²) in [6.07, 6.45) is 0. The second kappa shape index (κ2) is 8.35. The standard InChI is InChI=1S/C26H23N5O2/c1-2-28-24(32)20-10-6-5-9-19(20)16-11-12-22-21(13-16)23(30-26(27)29-22)25(33)31-14-17-7-3-4-8-18(17)15-31/h3-13H,2,14-15H2,1H3,(H,28,32)(H2,27,29,30). The first-order chi connectivity index (χ1) is 16.0. The summed E-state index contributed by atoms with van der Waals surface area (Å²) >= 11 is 0. The molecule has 0 atom stereocenters. The topological polar surface area (TPSA) is 101 Å². The summed E-state index contributed by atoms with van der Waals surface area (Å²) in [5.41, 5.74) is 11.2. The summed E-state index contributed by atoms with van der Waals surface area (Å²) < 4.78 is 0. The molecule has 3 N–H and O–H groups in total.